The third-order valence-electron chi connectivity index (χ3n) is 6.30. The van der Waals surface area contributed by atoms with Gasteiger partial charge in [0.2, 0.25) is 0 Å². The number of hydrogen-bond acceptors (Lipinski definition) is 6. The molecular weight excluding hydrogens is 409 g/mol. The summed E-state index contributed by atoms with van der Waals surface area (Å²) in [5.41, 5.74) is 3.14. The third-order valence-corrected chi connectivity index (χ3v) is 6.30. The van der Waals surface area contributed by atoms with E-state index in [4.69, 9.17) is 4.63 Å². The fourth-order valence-electron chi connectivity index (χ4n) is 4.52. The van der Waals surface area contributed by atoms with Gasteiger partial charge in [-0.2, -0.15) is 13.2 Å². The number of likely N-dealkylation sites (tertiary alicyclic amines) is 1. The maximum Gasteiger partial charge on any atom is 0.418 e. The van der Waals surface area contributed by atoms with E-state index in [9.17, 15) is 18.3 Å². The average Bonchev–Trinajstić information content (AvgIpc) is 3.21. The molecular formula is C22H23F3N4O2. The Kier molecular flexibility index (Phi) is 5.10. The van der Waals surface area contributed by atoms with Gasteiger partial charge < -0.3 is 10.0 Å². The number of alkyl halides is 3. The number of aliphatic hydroxyl groups excluding tert-OH is 1. The molecule has 1 N–H and O–H groups in total. The molecule has 2 fully saturated rings. The summed E-state index contributed by atoms with van der Waals surface area (Å²) in [5, 5.41) is 17.6. The van der Waals surface area contributed by atoms with Gasteiger partial charge in [0.05, 0.1) is 5.69 Å². The van der Waals surface area contributed by atoms with E-state index in [1.807, 2.05) is 6.07 Å². The van der Waals surface area contributed by atoms with Crippen LogP contribution < -0.4 is 4.90 Å². The molecule has 2 aliphatic rings. The minimum atomic E-state index is -4.72. The van der Waals surface area contributed by atoms with Gasteiger partial charge in [0.25, 0.3) is 0 Å². The van der Waals surface area contributed by atoms with E-state index in [1.165, 1.54) is 37.5 Å². The van der Waals surface area contributed by atoms with Crippen molar-refractivity contribution in [3.8, 4) is 11.1 Å². The highest BCUT2D eigenvalue weighted by atomic mass is 19.4. The van der Waals surface area contributed by atoms with Crippen LogP contribution in [0, 0.1) is 0 Å². The fourth-order valence-corrected chi connectivity index (χ4v) is 4.52. The number of rotatable bonds is 4. The second-order valence-electron chi connectivity index (χ2n) is 8.35. The first-order chi connectivity index (χ1) is 14.9. The number of hydrogen-bond donors (Lipinski definition) is 1. The van der Waals surface area contributed by atoms with Crippen LogP contribution in [-0.2, 0) is 0 Å². The van der Waals surface area contributed by atoms with Crippen LogP contribution in [0.1, 0.15) is 30.9 Å². The van der Waals surface area contributed by atoms with Crippen molar-refractivity contribution in [1.29, 1.82) is 0 Å². The quantitative estimate of drug-likeness (QED) is 0.668. The molecule has 1 atom stereocenters. The van der Waals surface area contributed by atoms with Crippen molar-refractivity contribution in [1.82, 2.24) is 15.2 Å². The summed E-state index contributed by atoms with van der Waals surface area (Å²) < 4.78 is 43.8. The molecule has 1 aromatic heterocycles. The van der Waals surface area contributed by atoms with E-state index in [0.717, 1.165) is 31.9 Å². The Morgan fingerprint density at radius 2 is 1.77 bits per heavy atom. The predicted octanol–water partition coefficient (Wildman–Crippen LogP) is 4.16. The summed E-state index contributed by atoms with van der Waals surface area (Å²) >= 11 is 0. The molecule has 2 aliphatic heterocycles. The first-order valence-corrected chi connectivity index (χ1v) is 10.5. The maximum atomic E-state index is 13.0. The second-order valence-corrected chi connectivity index (χ2v) is 8.35. The monoisotopic (exact) mass is 432 g/mol. The van der Waals surface area contributed by atoms with Crippen molar-refractivity contribution in [2.45, 2.75) is 37.6 Å². The van der Waals surface area contributed by atoms with Gasteiger partial charge in [-0.15, -0.1) is 0 Å². The van der Waals surface area contributed by atoms with E-state index >= 15 is 0 Å². The lowest BCUT2D eigenvalue weighted by Crippen LogP contribution is -2.60. The van der Waals surface area contributed by atoms with E-state index in [-0.39, 0.29) is 5.56 Å². The largest absolute Gasteiger partial charge is 0.418 e. The molecule has 0 spiro atoms. The Labute approximate surface area is 177 Å². The van der Waals surface area contributed by atoms with Crippen LogP contribution in [0.5, 0.6) is 0 Å². The molecule has 6 nitrogen and oxygen atoms in total. The van der Waals surface area contributed by atoms with Gasteiger partial charge >= 0.3 is 6.18 Å². The lowest BCUT2D eigenvalue weighted by atomic mass is 9.97. The summed E-state index contributed by atoms with van der Waals surface area (Å²) in [6.45, 7) is 4.01. The lowest BCUT2D eigenvalue weighted by Gasteiger charge is -2.47. The topological polar surface area (TPSA) is 65.6 Å². The molecule has 3 aromatic rings. The van der Waals surface area contributed by atoms with Crippen molar-refractivity contribution >= 4 is 16.7 Å². The SMILES string of the molecule is OC(c1cccc(-c2cc(N3CC(N4CCCCC4)C3)c3nonc3c2)c1)C(F)(F)F. The Morgan fingerprint density at radius 3 is 2.52 bits per heavy atom. The number of halogens is 3. The van der Waals surface area contributed by atoms with Crippen LogP contribution in [-0.4, -0.2) is 58.7 Å². The molecule has 2 aromatic carbocycles. The first-order valence-electron chi connectivity index (χ1n) is 10.5. The third kappa shape index (κ3) is 3.87. The Balaban J connectivity index is 1.44. The van der Waals surface area contributed by atoms with E-state index in [1.54, 1.807) is 12.1 Å². The Hall–Kier alpha value is -2.65. The number of piperidine rings is 1. The highest BCUT2D eigenvalue weighted by Crippen LogP contribution is 2.37. The minimum absolute atomic E-state index is 0.195. The van der Waals surface area contributed by atoms with Crippen LogP contribution in [0.15, 0.2) is 41.0 Å². The highest BCUT2D eigenvalue weighted by Gasteiger charge is 2.39. The molecule has 2 saturated heterocycles. The summed E-state index contributed by atoms with van der Waals surface area (Å²) in [6, 6.07) is 10.0. The number of fused-ring (bicyclic) bond motifs is 1. The highest BCUT2D eigenvalue weighted by molar-refractivity contribution is 5.93. The molecule has 0 saturated carbocycles. The molecule has 164 valence electrons. The normalized spacial score (nSPS) is 19.5. The lowest BCUT2D eigenvalue weighted by molar-refractivity contribution is -0.206. The van der Waals surface area contributed by atoms with Crippen LogP contribution in [0.25, 0.3) is 22.2 Å². The second kappa shape index (κ2) is 7.80. The summed E-state index contributed by atoms with van der Waals surface area (Å²) in [6.07, 6.45) is -3.47. The number of aromatic nitrogens is 2. The van der Waals surface area contributed by atoms with Gasteiger partial charge in [-0.1, -0.05) is 24.6 Å². The Morgan fingerprint density at radius 1 is 1.00 bits per heavy atom. The first kappa shape index (κ1) is 20.3. The minimum Gasteiger partial charge on any atom is -0.379 e. The molecule has 9 heteroatoms. The zero-order valence-corrected chi connectivity index (χ0v) is 16.8. The summed E-state index contributed by atoms with van der Waals surface area (Å²) in [7, 11) is 0. The van der Waals surface area contributed by atoms with E-state index in [0.29, 0.717) is 28.2 Å². The summed E-state index contributed by atoms with van der Waals surface area (Å²) in [5.74, 6) is 0. The molecule has 5 rings (SSSR count). The zero-order chi connectivity index (χ0) is 21.6. The van der Waals surface area contributed by atoms with Crippen LogP contribution in [0.2, 0.25) is 0 Å². The molecule has 0 bridgehead atoms. The van der Waals surface area contributed by atoms with Crippen molar-refractivity contribution in [2.24, 2.45) is 0 Å². The predicted molar refractivity (Wildman–Crippen MR) is 110 cm³/mol. The van der Waals surface area contributed by atoms with E-state index in [2.05, 4.69) is 20.1 Å². The molecule has 3 heterocycles. The Bertz CT molecular complexity index is 1070. The van der Waals surface area contributed by atoms with Crippen molar-refractivity contribution < 1.29 is 22.9 Å². The zero-order valence-electron chi connectivity index (χ0n) is 16.8. The van der Waals surface area contributed by atoms with Crippen molar-refractivity contribution in [3.63, 3.8) is 0 Å². The molecule has 0 radical (unpaired) electrons. The van der Waals surface area contributed by atoms with Gasteiger partial charge in [-0.25, -0.2) is 4.63 Å². The fraction of sp³-hybridized carbons (Fsp3) is 0.455. The van der Waals surface area contributed by atoms with Gasteiger partial charge in [-0.05, 0) is 71.1 Å². The standard InChI is InChI=1S/C22H23F3N4O2/c23-22(24,25)21(30)15-6-4-5-14(9-15)16-10-18-20(27-31-26-18)19(11-16)29-12-17(13-29)28-7-2-1-3-8-28/h4-6,9-11,17,21,30H,1-3,7-8,12-13H2. The van der Waals surface area contributed by atoms with Crippen LogP contribution in [0.4, 0.5) is 18.9 Å². The van der Waals surface area contributed by atoms with Gasteiger partial charge in [0, 0.05) is 19.1 Å². The summed E-state index contributed by atoms with van der Waals surface area (Å²) in [4.78, 5) is 4.74. The number of aliphatic hydroxyl groups is 1. The number of anilines is 1. The number of nitrogens with zero attached hydrogens (tertiary/aromatic N) is 4. The van der Waals surface area contributed by atoms with Gasteiger partial charge in [0.15, 0.2) is 11.6 Å². The smallest absolute Gasteiger partial charge is 0.379 e. The average molecular weight is 432 g/mol. The molecule has 31 heavy (non-hydrogen) atoms. The van der Waals surface area contributed by atoms with Crippen LogP contribution >= 0.6 is 0 Å². The van der Waals surface area contributed by atoms with Crippen LogP contribution in [0.3, 0.4) is 0 Å². The van der Waals surface area contributed by atoms with Gasteiger partial charge in [0.1, 0.15) is 5.52 Å². The molecule has 1 unspecified atom stereocenters. The van der Waals surface area contributed by atoms with Crippen molar-refractivity contribution in [2.75, 3.05) is 31.1 Å². The molecule has 0 aliphatic carbocycles. The van der Waals surface area contributed by atoms with Gasteiger partial charge in [-0.3, -0.25) is 4.90 Å². The molecule has 0 amide bonds. The van der Waals surface area contributed by atoms with Crippen molar-refractivity contribution in [3.05, 3.63) is 42.0 Å². The maximum absolute atomic E-state index is 13.0. The van der Waals surface area contributed by atoms with E-state index < -0.39 is 12.3 Å². The number of benzene rings is 2.